The minimum atomic E-state index is -2.96. The summed E-state index contributed by atoms with van der Waals surface area (Å²) in [6, 6.07) is 6.09. The lowest BCUT2D eigenvalue weighted by molar-refractivity contribution is -0.0503. The Morgan fingerprint density at radius 3 is 2.72 bits per heavy atom. The number of para-hydroxylation sites is 1. The van der Waals surface area contributed by atoms with Crippen LogP contribution in [-0.4, -0.2) is 40.6 Å². The summed E-state index contributed by atoms with van der Waals surface area (Å²) in [7, 11) is 0. The first kappa shape index (κ1) is 17.3. The molecule has 8 heteroatoms. The van der Waals surface area contributed by atoms with Gasteiger partial charge in [0.05, 0.1) is 5.56 Å². The molecule has 0 radical (unpaired) electrons. The zero-order valence-electron chi connectivity index (χ0n) is 13.8. The van der Waals surface area contributed by atoms with Crippen LogP contribution in [-0.2, 0) is 6.42 Å². The largest absolute Gasteiger partial charge is 0.434 e. The van der Waals surface area contributed by atoms with Gasteiger partial charge in [0.25, 0.3) is 5.91 Å². The molecular weight excluding hydrogens is 332 g/mol. The van der Waals surface area contributed by atoms with E-state index >= 15 is 0 Å². The van der Waals surface area contributed by atoms with Gasteiger partial charge >= 0.3 is 6.61 Å². The normalized spacial score (nSPS) is 15.6. The number of carbonyl (C=O) groups excluding carboxylic acids is 1. The molecule has 0 unspecified atom stereocenters. The van der Waals surface area contributed by atoms with Gasteiger partial charge in [-0.3, -0.25) is 4.79 Å². The summed E-state index contributed by atoms with van der Waals surface area (Å²) in [5, 5.41) is 3.90. The molecule has 0 atom stereocenters. The molecule has 1 aliphatic rings. The van der Waals surface area contributed by atoms with E-state index in [1.807, 2.05) is 0 Å². The number of hydrogen-bond acceptors (Lipinski definition) is 5. The van der Waals surface area contributed by atoms with E-state index < -0.39 is 6.61 Å². The van der Waals surface area contributed by atoms with Crippen LogP contribution in [0.15, 0.2) is 28.8 Å². The zero-order chi connectivity index (χ0) is 17.8. The number of piperidine rings is 1. The lowest BCUT2D eigenvalue weighted by Gasteiger charge is -2.32. The fourth-order valence-corrected chi connectivity index (χ4v) is 3.04. The number of likely N-dealkylation sites (tertiary alicyclic amines) is 1. The lowest BCUT2D eigenvalue weighted by atomic mass is 9.93. The number of halogens is 2. The van der Waals surface area contributed by atoms with Crippen molar-refractivity contribution in [3.8, 4) is 5.75 Å². The highest BCUT2D eigenvalue weighted by Crippen LogP contribution is 2.26. The Morgan fingerprint density at radius 2 is 2.08 bits per heavy atom. The topological polar surface area (TPSA) is 68.5 Å². The molecule has 134 valence electrons. The average molecular weight is 351 g/mol. The maximum Gasteiger partial charge on any atom is 0.387 e. The standard InChI is InChI=1S/C17H19F2N3O3/c1-11-20-15(21-25-11)10-12-6-8-22(9-7-12)16(23)13-4-2-3-5-14(13)24-17(18)19/h2-5,12,17H,6-10H2,1H3. The van der Waals surface area contributed by atoms with Gasteiger partial charge in [-0.15, -0.1) is 0 Å². The van der Waals surface area contributed by atoms with Crippen LogP contribution in [0.3, 0.4) is 0 Å². The molecule has 1 fully saturated rings. The van der Waals surface area contributed by atoms with Crippen molar-refractivity contribution in [2.75, 3.05) is 13.1 Å². The summed E-state index contributed by atoms with van der Waals surface area (Å²) in [6.07, 6.45) is 2.32. The Morgan fingerprint density at radius 1 is 1.36 bits per heavy atom. The van der Waals surface area contributed by atoms with Crippen LogP contribution in [0.1, 0.15) is 34.9 Å². The van der Waals surface area contributed by atoms with Gasteiger partial charge in [0.2, 0.25) is 5.89 Å². The van der Waals surface area contributed by atoms with Crippen molar-refractivity contribution >= 4 is 5.91 Å². The number of aryl methyl sites for hydroxylation is 1. The van der Waals surface area contributed by atoms with Gasteiger partial charge in [0.1, 0.15) is 5.75 Å². The molecule has 6 nitrogen and oxygen atoms in total. The molecule has 0 N–H and O–H groups in total. The fourth-order valence-electron chi connectivity index (χ4n) is 3.04. The minimum absolute atomic E-state index is 0.0908. The van der Waals surface area contributed by atoms with Crippen LogP contribution in [0.4, 0.5) is 8.78 Å². The zero-order valence-corrected chi connectivity index (χ0v) is 13.8. The van der Waals surface area contributed by atoms with Crippen molar-refractivity contribution in [3.63, 3.8) is 0 Å². The number of carbonyl (C=O) groups is 1. The summed E-state index contributed by atoms with van der Waals surface area (Å²) in [4.78, 5) is 18.5. The van der Waals surface area contributed by atoms with Crippen LogP contribution in [0.2, 0.25) is 0 Å². The molecule has 1 amide bonds. The summed E-state index contributed by atoms with van der Waals surface area (Å²) < 4.78 is 34.4. The molecule has 2 heterocycles. The van der Waals surface area contributed by atoms with Crippen LogP contribution < -0.4 is 4.74 Å². The minimum Gasteiger partial charge on any atom is -0.434 e. The van der Waals surface area contributed by atoms with Crippen molar-refractivity contribution in [2.45, 2.75) is 32.8 Å². The van der Waals surface area contributed by atoms with Crippen molar-refractivity contribution in [1.82, 2.24) is 15.0 Å². The Kier molecular flexibility index (Phi) is 5.25. The van der Waals surface area contributed by atoms with Gasteiger partial charge in [-0.05, 0) is 30.9 Å². The molecule has 25 heavy (non-hydrogen) atoms. The van der Waals surface area contributed by atoms with Crippen LogP contribution in [0.25, 0.3) is 0 Å². The molecule has 0 bridgehead atoms. The second-order valence-corrected chi connectivity index (χ2v) is 6.04. The second kappa shape index (κ2) is 7.58. The van der Waals surface area contributed by atoms with E-state index in [1.165, 1.54) is 12.1 Å². The predicted octanol–water partition coefficient (Wildman–Crippen LogP) is 3.07. The SMILES string of the molecule is Cc1nc(CC2CCN(C(=O)c3ccccc3OC(F)F)CC2)no1. The number of alkyl halides is 2. The van der Waals surface area contributed by atoms with Gasteiger partial charge in [-0.2, -0.15) is 13.8 Å². The molecule has 1 aromatic carbocycles. The quantitative estimate of drug-likeness (QED) is 0.828. The third-order valence-electron chi connectivity index (χ3n) is 4.28. The number of rotatable bonds is 5. The molecule has 1 saturated heterocycles. The highest BCUT2D eigenvalue weighted by atomic mass is 19.3. The Bertz CT molecular complexity index is 727. The maximum atomic E-state index is 12.6. The number of hydrogen-bond donors (Lipinski definition) is 0. The van der Waals surface area contributed by atoms with E-state index in [0.717, 1.165) is 12.8 Å². The molecule has 1 aromatic heterocycles. The van der Waals surface area contributed by atoms with E-state index in [4.69, 9.17) is 4.52 Å². The molecular formula is C17H19F2N3O3. The van der Waals surface area contributed by atoms with Crippen molar-refractivity contribution in [2.24, 2.45) is 5.92 Å². The first-order chi connectivity index (χ1) is 12.0. The summed E-state index contributed by atoms with van der Waals surface area (Å²) in [5.74, 6) is 1.21. The molecule has 3 rings (SSSR count). The highest BCUT2D eigenvalue weighted by Gasteiger charge is 2.26. The molecule has 0 spiro atoms. The predicted molar refractivity (Wildman–Crippen MR) is 84.4 cm³/mol. The number of ether oxygens (including phenoxy) is 1. The monoisotopic (exact) mass is 351 g/mol. The van der Waals surface area contributed by atoms with Crippen LogP contribution in [0, 0.1) is 12.8 Å². The first-order valence-corrected chi connectivity index (χ1v) is 8.15. The molecule has 2 aromatic rings. The summed E-state index contributed by atoms with van der Waals surface area (Å²) >= 11 is 0. The van der Waals surface area contributed by atoms with E-state index in [0.29, 0.717) is 37.1 Å². The summed E-state index contributed by atoms with van der Waals surface area (Å²) in [5.41, 5.74) is 0.162. The van der Waals surface area contributed by atoms with Gasteiger partial charge in [0.15, 0.2) is 5.82 Å². The average Bonchev–Trinajstić information content (AvgIpc) is 3.00. The first-order valence-electron chi connectivity index (χ1n) is 8.15. The second-order valence-electron chi connectivity index (χ2n) is 6.04. The van der Waals surface area contributed by atoms with Crippen LogP contribution >= 0.6 is 0 Å². The van der Waals surface area contributed by atoms with Crippen LogP contribution in [0.5, 0.6) is 5.75 Å². The number of nitrogens with zero attached hydrogens (tertiary/aromatic N) is 3. The Balaban J connectivity index is 1.60. The van der Waals surface area contributed by atoms with E-state index in [9.17, 15) is 13.6 Å². The molecule has 0 saturated carbocycles. The maximum absolute atomic E-state index is 12.6. The van der Waals surface area contributed by atoms with Crippen molar-refractivity contribution in [3.05, 3.63) is 41.5 Å². The highest BCUT2D eigenvalue weighted by molar-refractivity contribution is 5.97. The Hall–Kier alpha value is -2.51. The third kappa shape index (κ3) is 4.32. The van der Waals surface area contributed by atoms with E-state index in [1.54, 1.807) is 24.0 Å². The third-order valence-corrected chi connectivity index (χ3v) is 4.28. The van der Waals surface area contributed by atoms with Gasteiger partial charge < -0.3 is 14.2 Å². The Labute approximate surface area is 143 Å². The van der Waals surface area contributed by atoms with E-state index in [2.05, 4.69) is 14.9 Å². The number of aromatic nitrogens is 2. The molecule has 1 aliphatic heterocycles. The van der Waals surface area contributed by atoms with Gasteiger partial charge in [0, 0.05) is 26.4 Å². The van der Waals surface area contributed by atoms with Gasteiger partial charge in [-0.1, -0.05) is 17.3 Å². The fraction of sp³-hybridized carbons (Fsp3) is 0.471. The lowest BCUT2D eigenvalue weighted by Crippen LogP contribution is -2.39. The van der Waals surface area contributed by atoms with Gasteiger partial charge in [-0.25, -0.2) is 0 Å². The molecule has 0 aliphatic carbocycles. The smallest absolute Gasteiger partial charge is 0.387 e. The number of benzene rings is 1. The van der Waals surface area contributed by atoms with Crippen molar-refractivity contribution in [1.29, 1.82) is 0 Å². The van der Waals surface area contributed by atoms with E-state index in [-0.39, 0.29) is 17.2 Å². The number of amides is 1. The van der Waals surface area contributed by atoms with Crippen molar-refractivity contribution < 1.29 is 22.8 Å². The summed E-state index contributed by atoms with van der Waals surface area (Å²) in [6.45, 7) is -0.0956.